The molecule has 16 heavy (non-hydrogen) atoms. The second-order valence-corrected chi connectivity index (χ2v) is 3.31. The number of rotatable bonds is 3. The lowest BCUT2D eigenvalue weighted by atomic mass is 10.3. The molecule has 2 heterocycles. The zero-order valence-electron chi connectivity index (χ0n) is 8.77. The molecule has 1 N–H and O–H groups in total. The number of nitrogens with one attached hydrogen (secondary N) is 1. The van der Waals surface area contributed by atoms with Crippen LogP contribution in [0.1, 0.15) is 13.3 Å². The van der Waals surface area contributed by atoms with Crippen molar-refractivity contribution in [1.82, 2.24) is 14.8 Å². The van der Waals surface area contributed by atoms with E-state index in [4.69, 9.17) is 4.42 Å². The number of aryl methyl sites for hydroxylation is 1. The molecule has 2 rings (SSSR count). The van der Waals surface area contributed by atoms with Gasteiger partial charge in [0.15, 0.2) is 11.5 Å². The van der Waals surface area contributed by atoms with Crippen molar-refractivity contribution in [3.05, 3.63) is 39.2 Å². The molecule has 0 saturated carbocycles. The Morgan fingerprint density at radius 2 is 2.31 bits per heavy atom. The number of H-pyrrole nitrogens is 1. The monoisotopic (exact) mass is 221 g/mol. The number of aromatic amines is 1. The van der Waals surface area contributed by atoms with Gasteiger partial charge in [0.2, 0.25) is 0 Å². The first kappa shape index (κ1) is 10.4. The van der Waals surface area contributed by atoms with E-state index in [0.717, 1.165) is 6.42 Å². The smallest absolute Gasteiger partial charge is 0.344 e. The summed E-state index contributed by atoms with van der Waals surface area (Å²) in [6, 6.07) is 3.28. The Balaban J connectivity index is 2.58. The van der Waals surface area contributed by atoms with Crippen molar-refractivity contribution in [2.75, 3.05) is 0 Å². The van der Waals surface area contributed by atoms with Crippen molar-refractivity contribution in [2.24, 2.45) is 0 Å². The van der Waals surface area contributed by atoms with E-state index < -0.39 is 11.2 Å². The van der Waals surface area contributed by atoms with Crippen molar-refractivity contribution in [2.45, 2.75) is 19.9 Å². The van der Waals surface area contributed by atoms with E-state index >= 15 is 0 Å². The molecule has 2 aromatic heterocycles. The molecule has 0 saturated heterocycles. The fourth-order valence-electron chi connectivity index (χ4n) is 1.37. The van der Waals surface area contributed by atoms with Gasteiger partial charge < -0.3 is 4.42 Å². The second kappa shape index (κ2) is 4.18. The second-order valence-electron chi connectivity index (χ2n) is 3.31. The molecule has 6 heteroatoms. The van der Waals surface area contributed by atoms with Gasteiger partial charge >= 0.3 is 5.69 Å². The van der Waals surface area contributed by atoms with Crippen molar-refractivity contribution < 1.29 is 4.42 Å². The zero-order valence-corrected chi connectivity index (χ0v) is 8.77. The fraction of sp³-hybridized carbons (Fsp3) is 0.300. The van der Waals surface area contributed by atoms with E-state index in [2.05, 4.69) is 10.1 Å². The number of hydrogen-bond acceptors (Lipinski definition) is 4. The van der Waals surface area contributed by atoms with Crippen LogP contribution in [0.3, 0.4) is 0 Å². The third-order valence-corrected chi connectivity index (χ3v) is 2.08. The number of hydrogen-bond donors (Lipinski definition) is 1. The zero-order chi connectivity index (χ0) is 11.5. The predicted molar refractivity (Wildman–Crippen MR) is 57.1 cm³/mol. The van der Waals surface area contributed by atoms with Gasteiger partial charge in [0.25, 0.3) is 5.56 Å². The lowest BCUT2D eigenvalue weighted by molar-refractivity contribution is 0.533. The first-order chi connectivity index (χ1) is 7.72. The van der Waals surface area contributed by atoms with Gasteiger partial charge in [-0.3, -0.25) is 9.78 Å². The van der Waals surface area contributed by atoms with Gasteiger partial charge in [-0.05, 0) is 18.6 Å². The first-order valence-electron chi connectivity index (χ1n) is 4.97. The van der Waals surface area contributed by atoms with Crippen LogP contribution in [0.15, 0.2) is 32.4 Å². The Morgan fingerprint density at radius 3 is 2.94 bits per heavy atom. The van der Waals surface area contributed by atoms with Crippen molar-refractivity contribution in [3.63, 3.8) is 0 Å². The van der Waals surface area contributed by atoms with Gasteiger partial charge in [-0.2, -0.15) is 5.10 Å². The Hall–Kier alpha value is -2.11. The molecule has 0 aromatic carbocycles. The SMILES string of the molecule is CCCn1nc(-c2ccco2)c(=O)[nH]c1=O. The van der Waals surface area contributed by atoms with E-state index in [1.165, 1.54) is 10.9 Å². The topological polar surface area (TPSA) is 80.9 Å². The van der Waals surface area contributed by atoms with Crippen LogP contribution in [-0.2, 0) is 6.54 Å². The minimum absolute atomic E-state index is 0.123. The summed E-state index contributed by atoms with van der Waals surface area (Å²) in [7, 11) is 0. The van der Waals surface area contributed by atoms with Gasteiger partial charge in [0.05, 0.1) is 6.26 Å². The average Bonchev–Trinajstić information content (AvgIpc) is 2.75. The Bertz CT molecular complexity index is 580. The van der Waals surface area contributed by atoms with E-state index in [1.807, 2.05) is 6.92 Å². The molecular weight excluding hydrogens is 210 g/mol. The van der Waals surface area contributed by atoms with Crippen LogP contribution >= 0.6 is 0 Å². The molecule has 0 bridgehead atoms. The molecule has 0 amide bonds. The molecule has 6 nitrogen and oxygen atoms in total. The quantitative estimate of drug-likeness (QED) is 0.822. The number of aromatic nitrogens is 3. The highest BCUT2D eigenvalue weighted by atomic mass is 16.3. The van der Waals surface area contributed by atoms with E-state index in [0.29, 0.717) is 12.3 Å². The molecular formula is C10H11N3O3. The van der Waals surface area contributed by atoms with Crippen LogP contribution in [0.25, 0.3) is 11.5 Å². The van der Waals surface area contributed by atoms with Gasteiger partial charge in [-0.1, -0.05) is 6.92 Å². The van der Waals surface area contributed by atoms with Crippen LogP contribution in [0.2, 0.25) is 0 Å². The fourth-order valence-corrected chi connectivity index (χ4v) is 1.37. The maximum atomic E-state index is 11.5. The predicted octanol–water partition coefficient (Wildman–Crippen LogP) is 0.602. The van der Waals surface area contributed by atoms with Gasteiger partial charge in [0.1, 0.15) is 0 Å². The molecule has 84 valence electrons. The standard InChI is InChI=1S/C10H11N3O3/c1-2-5-13-10(15)11-9(14)8(12-13)7-4-3-6-16-7/h3-4,6H,2,5H2,1H3,(H,11,14,15). The first-order valence-corrected chi connectivity index (χ1v) is 4.97. The molecule has 2 aromatic rings. The highest BCUT2D eigenvalue weighted by Crippen LogP contribution is 2.11. The van der Waals surface area contributed by atoms with Crippen molar-refractivity contribution >= 4 is 0 Å². The third-order valence-electron chi connectivity index (χ3n) is 2.08. The highest BCUT2D eigenvalue weighted by Gasteiger charge is 2.10. The normalized spacial score (nSPS) is 10.6. The van der Waals surface area contributed by atoms with Gasteiger partial charge in [-0.15, -0.1) is 0 Å². The van der Waals surface area contributed by atoms with E-state index in [9.17, 15) is 9.59 Å². The average molecular weight is 221 g/mol. The lowest BCUT2D eigenvalue weighted by Crippen LogP contribution is -2.33. The van der Waals surface area contributed by atoms with Crippen molar-refractivity contribution in [3.8, 4) is 11.5 Å². The summed E-state index contributed by atoms with van der Waals surface area (Å²) in [5.74, 6) is 0.353. The summed E-state index contributed by atoms with van der Waals surface area (Å²) in [4.78, 5) is 25.1. The molecule has 0 spiro atoms. The summed E-state index contributed by atoms with van der Waals surface area (Å²) < 4.78 is 6.30. The maximum Gasteiger partial charge on any atom is 0.344 e. The minimum atomic E-state index is -0.535. The highest BCUT2D eigenvalue weighted by molar-refractivity contribution is 5.48. The number of furan rings is 1. The van der Waals surface area contributed by atoms with Crippen LogP contribution in [0.4, 0.5) is 0 Å². The summed E-state index contributed by atoms with van der Waals surface area (Å²) in [6.07, 6.45) is 2.21. The summed E-state index contributed by atoms with van der Waals surface area (Å²) in [6.45, 7) is 2.38. The molecule has 0 unspecified atom stereocenters. The summed E-state index contributed by atoms with van der Waals surface area (Å²) in [5, 5.41) is 3.97. The Labute approximate surface area is 90.5 Å². The number of nitrogens with zero attached hydrogens (tertiary/aromatic N) is 2. The minimum Gasteiger partial charge on any atom is -0.462 e. The molecule has 0 aliphatic rings. The van der Waals surface area contributed by atoms with E-state index in [-0.39, 0.29) is 5.69 Å². The molecule has 0 fully saturated rings. The van der Waals surface area contributed by atoms with Gasteiger partial charge in [0, 0.05) is 6.54 Å². The summed E-state index contributed by atoms with van der Waals surface area (Å²) >= 11 is 0. The maximum absolute atomic E-state index is 11.5. The summed E-state index contributed by atoms with van der Waals surface area (Å²) in [5.41, 5.74) is -0.910. The van der Waals surface area contributed by atoms with E-state index in [1.54, 1.807) is 12.1 Å². The lowest BCUT2D eigenvalue weighted by Gasteiger charge is -2.02. The Morgan fingerprint density at radius 1 is 1.50 bits per heavy atom. The third kappa shape index (κ3) is 1.81. The molecule has 0 atom stereocenters. The largest absolute Gasteiger partial charge is 0.462 e. The van der Waals surface area contributed by atoms with Crippen LogP contribution < -0.4 is 11.2 Å². The molecule has 0 aliphatic carbocycles. The van der Waals surface area contributed by atoms with Crippen LogP contribution in [0.5, 0.6) is 0 Å². The van der Waals surface area contributed by atoms with Crippen LogP contribution in [0, 0.1) is 0 Å². The van der Waals surface area contributed by atoms with Crippen molar-refractivity contribution in [1.29, 1.82) is 0 Å². The van der Waals surface area contributed by atoms with Gasteiger partial charge in [-0.25, -0.2) is 9.48 Å². The Kier molecular flexibility index (Phi) is 2.72. The molecule has 0 aliphatic heterocycles. The molecule has 0 radical (unpaired) electrons. The van der Waals surface area contributed by atoms with Crippen LogP contribution in [-0.4, -0.2) is 14.8 Å².